The van der Waals surface area contributed by atoms with Crippen molar-refractivity contribution in [3.63, 3.8) is 0 Å². The van der Waals surface area contributed by atoms with Gasteiger partial charge in [0, 0.05) is 12.1 Å². The van der Waals surface area contributed by atoms with Crippen LogP contribution in [0.4, 0.5) is 11.7 Å². The first kappa shape index (κ1) is 13.6. The molecule has 6 heteroatoms. The molecule has 3 aromatic rings. The third-order valence-electron chi connectivity index (χ3n) is 3.68. The molecule has 6 nitrogen and oxygen atoms in total. The number of rotatable bonds is 4. The fourth-order valence-electron chi connectivity index (χ4n) is 2.77. The van der Waals surface area contributed by atoms with E-state index in [9.17, 15) is 0 Å². The van der Waals surface area contributed by atoms with E-state index in [1.165, 1.54) is 6.39 Å². The Morgan fingerprint density at radius 2 is 1.83 bits per heavy atom. The molecule has 0 unspecified atom stereocenters. The van der Waals surface area contributed by atoms with Crippen molar-refractivity contribution in [2.75, 3.05) is 5.32 Å². The van der Waals surface area contributed by atoms with Gasteiger partial charge in [-0.15, -0.1) is 5.10 Å². The average Bonchev–Trinajstić information content (AvgIpc) is 3.13. The van der Waals surface area contributed by atoms with Crippen molar-refractivity contribution < 1.29 is 4.42 Å². The number of hydrogen-bond acceptors (Lipinski definition) is 6. The van der Waals surface area contributed by atoms with Gasteiger partial charge in [-0.1, -0.05) is 29.4 Å². The maximum Gasteiger partial charge on any atom is 0.319 e. The Balaban J connectivity index is 1.59. The van der Waals surface area contributed by atoms with Gasteiger partial charge in [-0.2, -0.15) is 0 Å². The molecule has 0 saturated carbocycles. The van der Waals surface area contributed by atoms with E-state index in [2.05, 4.69) is 21.6 Å². The molecule has 4 rings (SSSR count). The molecule has 0 bridgehead atoms. The third-order valence-corrected chi connectivity index (χ3v) is 3.68. The molecule has 114 valence electrons. The van der Waals surface area contributed by atoms with Crippen LogP contribution in [0.5, 0.6) is 0 Å². The Kier molecular flexibility index (Phi) is 3.15. The van der Waals surface area contributed by atoms with Crippen LogP contribution < -0.4 is 16.0 Å². The average molecular weight is 305 g/mol. The summed E-state index contributed by atoms with van der Waals surface area (Å²) in [6, 6.07) is 16.4. The van der Waals surface area contributed by atoms with Crippen LogP contribution in [-0.2, 0) is 6.42 Å². The number of anilines is 2. The van der Waals surface area contributed by atoms with Gasteiger partial charge in [0.05, 0.1) is 10.7 Å². The van der Waals surface area contributed by atoms with Crippen molar-refractivity contribution in [2.24, 2.45) is 9.98 Å². The molecule has 0 amide bonds. The number of hydrogen-bond donors (Lipinski definition) is 1. The van der Waals surface area contributed by atoms with Gasteiger partial charge in [0.2, 0.25) is 6.39 Å². The van der Waals surface area contributed by atoms with E-state index in [1.54, 1.807) is 0 Å². The molecule has 1 N–H and O–H groups in total. The van der Waals surface area contributed by atoms with Crippen molar-refractivity contribution in [1.82, 2.24) is 10.2 Å². The monoisotopic (exact) mass is 305 g/mol. The molecule has 0 fully saturated rings. The Bertz CT molecular complexity index is 914. The highest BCUT2D eigenvalue weighted by atomic mass is 16.4. The Morgan fingerprint density at radius 1 is 1.04 bits per heavy atom. The van der Waals surface area contributed by atoms with Crippen LogP contribution in [0, 0.1) is 0 Å². The van der Waals surface area contributed by atoms with Crippen LogP contribution in [-0.4, -0.2) is 15.9 Å². The zero-order chi connectivity index (χ0) is 15.7. The van der Waals surface area contributed by atoms with Crippen LogP contribution in [0.25, 0.3) is 0 Å². The minimum Gasteiger partial charge on any atom is -0.411 e. The third kappa shape index (κ3) is 2.83. The summed E-state index contributed by atoms with van der Waals surface area (Å²) in [6.45, 7) is 2.05. The summed E-state index contributed by atoms with van der Waals surface area (Å²) in [7, 11) is 0. The van der Waals surface area contributed by atoms with E-state index < -0.39 is 5.66 Å². The topological polar surface area (TPSA) is 75.7 Å². The lowest BCUT2D eigenvalue weighted by Gasteiger charge is -2.17. The van der Waals surface area contributed by atoms with E-state index in [4.69, 9.17) is 14.4 Å². The Hall–Kier alpha value is -3.02. The fourth-order valence-corrected chi connectivity index (χ4v) is 2.77. The SMILES string of the molecule is CC1(Cc2cccc(Nc3nnco3)c2)N=c2ccccc2=N1. The van der Waals surface area contributed by atoms with E-state index in [-0.39, 0.29) is 0 Å². The van der Waals surface area contributed by atoms with Crippen molar-refractivity contribution in [1.29, 1.82) is 0 Å². The number of para-hydroxylation sites is 2. The molecular weight excluding hydrogens is 290 g/mol. The van der Waals surface area contributed by atoms with Gasteiger partial charge >= 0.3 is 6.01 Å². The molecule has 2 heterocycles. The largest absolute Gasteiger partial charge is 0.411 e. The zero-order valence-corrected chi connectivity index (χ0v) is 12.6. The summed E-state index contributed by atoms with van der Waals surface area (Å²) in [5, 5.41) is 12.5. The number of benzene rings is 2. The fraction of sp³-hybridized carbons (Fsp3) is 0.176. The molecule has 1 aromatic heterocycles. The van der Waals surface area contributed by atoms with E-state index in [1.807, 2.05) is 49.4 Å². The molecule has 0 radical (unpaired) electrons. The van der Waals surface area contributed by atoms with Crippen molar-refractivity contribution in [2.45, 2.75) is 19.0 Å². The van der Waals surface area contributed by atoms with Gasteiger partial charge in [-0.3, -0.25) is 9.98 Å². The van der Waals surface area contributed by atoms with Crippen LogP contribution in [0.1, 0.15) is 12.5 Å². The Morgan fingerprint density at radius 3 is 2.52 bits per heavy atom. The van der Waals surface area contributed by atoms with Gasteiger partial charge in [-0.25, -0.2) is 0 Å². The summed E-state index contributed by atoms with van der Waals surface area (Å²) < 4.78 is 5.10. The molecule has 0 aliphatic carbocycles. The summed E-state index contributed by atoms with van der Waals surface area (Å²) in [5.41, 5.74) is 1.57. The summed E-state index contributed by atoms with van der Waals surface area (Å²) in [6.07, 6.45) is 2.02. The molecular formula is C17H15N5O. The zero-order valence-electron chi connectivity index (χ0n) is 12.6. The van der Waals surface area contributed by atoms with Gasteiger partial charge in [0.15, 0.2) is 5.66 Å². The van der Waals surface area contributed by atoms with E-state index >= 15 is 0 Å². The predicted molar refractivity (Wildman–Crippen MR) is 84.9 cm³/mol. The first-order valence-electron chi connectivity index (χ1n) is 7.37. The molecule has 1 aliphatic rings. The first-order valence-corrected chi connectivity index (χ1v) is 7.37. The number of aromatic nitrogens is 2. The van der Waals surface area contributed by atoms with E-state index in [0.717, 1.165) is 28.4 Å². The van der Waals surface area contributed by atoms with Gasteiger partial charge < -0.3 is 9.73 Å². The highest BCUT2D eigenvalue weighted by Crippen LogP contribution is 2.23. The van der Waals surface area contributed by atoms with Crippen LogP contribution in [0.15, 0.2) is 69.3 Å². The lowest BCUT2D eigenvalue weighted by molar-refractivity contribution is 0.490. The van der Waals surface area contributed by atoms with Crippen LogP contribution in [0.3, 0.4) is 0 Å². The van der Waals surface area contributed by atoms with Crippen LogP contribution >= 0.6 is 0 Å². The highest BCUT2D eigenvalue weighted by Gasteiger charge is 2.25. The minimum atomic E-state index is -0.465. The van der Waals surface area contributed by atoms with Gasteiger partial charge in [0.1, 0.15) is 0 Å². The summed E-state index contributed by atoms with van der Waals surface area (Å²) in [4.78, 5) is 9.51. The van der Waals surface area contributed by atoms with Gasteiger partial charge in [0.25, 0.3) is 0 Å². The molecule has 23 heavy (non-hydrogen) atoms. The molecule has 2 aromatic carbocycles. The first-order chi connectivity index (χ1) is 11.2. The van der Waals surface area contributed by atoms with E-state index in [0.29, 0.717) is 6.01 Å². The smallest absolute Gasteiger partial charge is 0.319 e. The van der Waals surface area contributed by atoms with Gasteiger partial charge in [-0.05, 0) is 36.8 Å². The summed E-state index contributed by atoms with van der Waals surface area (Å²) >= 11 is 0. The predicted octanol–water partition coefficient (Wildman–Crippen LogP) is 2.02. The molecule has 0 saturated heterocycles. The van der Waals surface area contributed by atoms with Crippen LogP contribution in [0.2, 0.25) is 0 Å². The lowest BCUT2D eigenvalue weighted by atomic mass is 10.0. The highest BCUT2D eigenvalue weighted by molar-refractivity contribution is 5.53. The minimum absolute atomic E-state index is 0.371. The number of nitrogens with zero attached hydrogens (tertiary/aromatic N) is 4. The van der Waals surface area contributed by atoms with Crippen molar-refractivity contribution in [3.8, 4) is 0 Å². The maximum absolute atomic E-state index is 5.10. The lowest BCUT2D eigenvalue weighted by Crippen LogP contribution is -2.21. The quantitative estimate of drug-likeness (QED) is 0.800. The van der Waals surface area contributed by atoms with Crippen molar-refractivity contribution in [3.05, 3.63) is 71.2 Å². The standard InChI is InChI=1S/C17H15N5O/c1-17(20-14-7-2-3-8-15(14)21-17)10-12-5-4-6-13(9-12)19-16-22-18-11-23-16/h2-9,11H,10H2,1H3,(H,19,22). The summed E-state index contributed by atoms with van der Waals surface area (Å²) in [5.74, 6) is 0. The number of fused-ring (bicyclic) bond motifs is 1. The maximum atomic E-state index is 5.10. The van der Waals surface area contributed by atoms with Crippen molar-refractivity contribution >= 4 is 11.7 Å². The molecule has 0 atom stereocenters. The second kappa shape index (κ2) is 5.31. The normalized spacial score (nSPS) is 14.7. The molecule has 0 spiro atoms. The molecule has 1 aliphatic heterocycles. The Labute approximate surface area is 132 Å². The second-order valence-corrected chi connectivity index (χ2v) is 5.68. The second-order valence-electron chi connectivity index (χ2n) is 5.68. The number of nitrogens with one attached hydrogen (secondary N) is 1.